The van der Waals surface area contributed by atoms with Gasteiger partial charge in [0.2, 0.25) is 0 Å². The van der Waals surface area contributed by atoms with Gasteiger partial charge in [0.25, 0.3) is 5.91 Å². The fraction of sp³-hybridized carbons (Fsp3) is 0.480. The van der Waals surface area contributed by atoms with E-state index < -0.39 is 0 Å². The average molecular weight is 683 g/mol. The van der Waals surface area contributed by atoms with Crippen LogP contribution in [0.1, 0.15) is 16.8 Å². The molecule has 1 radical (unpaired) electrons. The number of nitrogens with zero attached hydrogens (tertiary/aromatic N) is 5. The molecule has 1 aliphatic heterocycles. The van der Waals surface area contributed by atoms with Crippen LogP contribution in [0.5, 0.6) is 0 Å². The van der Waals surface area contributed by atoms with Crippen molar-refractivity contribution in [2.75, 3.05) is 82.2 Å². The predicted octanol–water partition coefficient (Wildman–Crippen LogP) is 2.85. The zero-order chi connectivity index (χ0) is 24.0. The Balaban J connectivity index is 0.00000408. The third-order valence-electron chi connectivity index (χ3n) is 6.23. The number of carbonyl (C=O) groups excluding carboxylic acids is 1. The number of rotatable bonds is 9. The first kappa shape index (κ1) is 28.9. The molecule has 0 aromatic heterocycles. The smallest absolute Gasteiger partial charge is 0.253 e. The standard InChI is InChI=1S/C25H37N5OS2.Au/c1-26(2)21-8-6-20(7-9-21)24(31)28(4)15-5-14-27(3)22-10-12-23(13-11-22)29-16-18-30(19-17-29)25(32)33;/h6-13,25,32-33H,5,14-19H2,1-4H3;/p-2. The van der Waals surface area contributed by atoms with Crippen LogP contribution in [0.4, 0.5) is 17.1 Å². The van der Waals surface area contributed by atoms with E-state index in [0.717, 1.165) is 50.4 Å². The van der Waals surface area contributed by atoms with Gasteiger partial charge in [-0.15, -0.1) is 0 Å². The third kappa shape index (κ3) is 7.86. The van der Waals surface area contributed by atoms with Crippen molar-refractivity contribution in [2.24, 2.45) is 0 Å². The second-order valence-corrected chi connectivity index (χ2v) is 9.98. The maximum Gasteiger partial charge on any atom is 0.253 e. The van der Waals surface area contributed by atoms with Gasteiger partial charge in [-0.05, 0) is 55.0 Å². The summed E-state index contributed by atoms with van der Waals surface area (Å²) in [6, 6.07) is 16.5. The molecule has 2 aromatic carbocycles. The molecule has 0 spiro atoms. The Morgan fingerprint density at radius 1 is 0.853 bits per heavy atom. The molecule has 1 amide bonds. The van der Waals surface area contributed by atoms with Gasteiger partial charge < -0.3 is 49.8 Å². The first-order valence-electron chi connectivity index (χ1n) is 11.4. The van der Waals surface area contributed by atoms with Crippen molar-refractivity contribution in [3.8, 4) is 0 Å². The molecule has 34 heavy (non-hydrogen) atoms. The van der Waals surface area contributed by atoms with Crippen molar-refractivity contribution in [2.45, 2.75) is 11.1 Å². The molecule has 0 unspecified atom stereocenters. The quantitative estimate of drug-likeness (QED) is 0.298. The van der Waals surface area contributed by atoms with Gasteiger partial charge in [-0.2, -0.15) is 0 Å². The van der Waals surface area contributed by atoms with Gasteiger partial charge in [0.05, 0.1) is 0 Å². The molecule has 0 aliphatic carbocycles. The summed E-state index contributed by atoms with van der Waals surface area (Å²) >= 11 is 10.4. The fourth-order valence-electron chi connectivity index (χ4n) is 4.01. The van der Waals surface area contributed by atoms with Crippen LogP contribution in [-0.2, 0) is 47.6 Å². The minimum atomic E-state index is -0.207. The van der Waals surface area contributed by atoms with Crippen LogP contribution in [0.15, 0.2) is 48.5 Å². The van der Waals surface area contributed by atoms with Crippen LogP contribution in [0, 0.1) is 0 Å². The van der Waals surface area contributed by atoms with E-state index in [1.54, 1.807) is 4.90 Å². The van der Waals surface area contributed by atoms with Gasteiger partial charge in [0.1, 0.15) is 0 Å². The first-order valence-corrected chi connectivity index (χ1v) is 12.3. The summed E-state index contributed by atoms with van der Waals surface area (Å²) in [5, 5.41) is 0. The van der Waals surface area contributed by atoms with E-state index in [0.29, 0.717) is 6.54 Å². The Hall–Kier alpha value is -1.29. The van der Waals surface area contributed by atoms with Crippen LogP contribution in [-0.4, -0.2) is 87.9 Å². The molecule has 1 heterocycles. The molecular formula is C25H35AuN5OS2-2. The van der Waals surface area contributed by atoms with Crippen molar-refractivity contribution in [1.29, 1.82) is 0 Å². The summed E-state index contributed by atoms with van der Waals surface area (Å²) in [4.78, 5) is 23.3. The number of carbonyl (C=O) groups is 1. The molecule has 1 fully saturated rings. The first-order chi connectivity index (χ1) is 15.8. The summed E-state index contributed by atoms with van der Waals surface area (Å²) in [5.74, 6) is 0.0609. The molecule has 3 rings (SSSR count). The summed E-state index contributed by atoms with van der Waals surface area (Å²) in [6.45, 7) is 5.35. The van der Waals surface area contributed by atoms with Crippen LogP contribution in [0.25, 0.3) is 0 Å². The molecule has 9 heteroatoms. The molecule has 1 saturated heterocycles. The minimum Gasteiger partial charge on any atom is -0.800 e. The number of benzene rings is 2. The summed E-state index contributed by atoms with van der Waals surface area (Å²) < 4.78 is -0.207. The molecule has 1 aliphatic rings. The molecule has 0 bridgehead atoms. The van der Waals surface area contributed by atoms with Gasteiger partial charge in [0, 0.05) is 112 Å². The molecule has 6 nitrogen and oxygen atoms in total. The number of hydrogen-bond acceptors (Lipinski definition) is 7. The van der Waals surface area contributed by atoms with Crippen LogP contribution >= 0.6 is 0 Å². The van der Waals surface area contributed by atoms with Crippen molar-refractivity contribution in [1.82, 2.24) is 9.80 Å². The Morgan fingerprint density at radius 3 is 1.94 bits per heavy atom. The number of piperazine rings is 1. The van der Waals surface area contributed by atoms with E-state index in [4.69, 9.17) is 25.3 Å². The van der Waals surface area contributed by atoms with Crippen molar-refractivity contribution in [3.05, 3.63) is 54.1 Å². The minimum absolute atomic E-state index is 0. The van der Waals surface area contributed by atoms with Crippen molar-refractivity contribution >= 4 is 48.2 Å². The van der Waals surface area contributed by atoms with Gasteiger partial charge >= 0.3 is 0 Å². The number of hydrogen-bond donors (Lipinski definition) is 0. The van der Waals surface area contributed by atoms with E-state index in [9.17, 15) is 4.79 Å². The number of anilines is 3. The van der Waals surface area contributed by atoms with Crippen molar-refractivity contribution < 1.29 is 27.2 Å². The Morgan fingerprint density at radius 2 is 1.41 bits per heavy atom. The van der Waals surface area contributed by atoms with Gasteiger partial charge in [-0.3, -0.25) is 4.79 Å². The van der Waals surface area contributed by atoms with Gasteiger partial charge in [-0.1, -0.05) is 0 Å². The second kappa shape index (κ2) is 13.7. The van der Waals surface area contributed by atoms with E-state index in [1.807, 2.05) is 50.3 Å². The Bertz CT molecular complexity index is 887. The van der Waals surface area contributed by atoms with Crippen LogP contribution < -0.4 is 14.7 Å². The molecule has 0 N–H and O–H groups in total. The third-order valence-corrected chi connectivity index (χ3v) is 6.83. The molecule has 0 atom stereocenters. The van der Waals surface area contributed by atoms with E-state index in [-0.39, 0.29) is 33.0 Å². The number of amides is 1. The van der Waals surface area contributed by atoms with E-state index in [2.05, 4.69) is 46.0 Å². The zero-order valence-electron chi connectivity index (χ0n) is 20.4. The SMILES string of the molecule is CN(CCCN(C)c1ccc(N2CCN(C([S-])[S-])CC2)cc1)C(=O)c1ccc(N(C)C)cc1.[Au]. The summed E-state index contributed by atoms with van der Waals surface area (Å²) in [5.41, 5.74) is 4.24. The summed E-state index contributed by atoms with van der Waals surface area (Å²) in [6.07, 6.45) is 0.904. The fourth-order valence-corrected chi connectivity index (χ4v) is 4.43. The molecule has 2 aromatic rings. The van der Waals surface area contributed by atoms with Crippen LogP contribution in [0.3, 0.4) is 0 Å². The largest absolute Gasteiger partial charge is 0.800 e. The molecular weight excluding hydrogens is 647 g/mol. The van der Waals surface area contributed by atoms with E-state index >= 15 is 0 Å². The van der Waals surface area contributed by atoms with Crippen molar-refractivity contribution in [3.63, 3.8) is 0 Å². The zero-order valence-corrected chi connectivity index (χ0v) is 24.2. The normalized spacial score (nSPS) is 14.0. The molecule has 0 saturated carbocycles. The van der Waals surface area contributed by atoms with Gasteiger partial charge in [0.15, 0.2) is 0 Å². The maximum atomic E-state index is 12.7. The maximum absolute atomic E-state index is 12.7. The topological polar surface area (TPSA) is 33.3 Å². The Kier molecular flexibility index (Phi) is 11.7. The Labute approximate surface area is 231 Å². The predicted molar refractivity (Wildman–Crippen MR) is 144 cm³/mol. The van der Waals surface area contributed by atoms with Gasteiger partial charge in [-0.25, -0.2) is 4.71 Å². The van der Waals surface area contributed by atoms with E-state index in [1.165, 1.54) is 11.4 Å². The summed E-state index contributed by atoms with van der Waals surface area (Å²) in [7, 11) is 7.96. The monoisotopic (exact) mass is 682 g/mol. The second-order valence-electron chi connectivity index (χ2n) is 8.79. The average Bonchev–Trinajstić information content (AvgIpc) is 2.83. The van der Waals surface area contributed by atoms with Crippen LogP contribution in [0.2, 0.25) is 0 Å². The molecule has 191 valence electrons.